The first kappa shape index (κ1) is 58.0. The minimum Gasteiger partial charge on any atom is -0.462 e. The summed E-state index contributed by atoms with van der Waals surface area (Å²) in [4.78, 5) is 35.1. The highest BCUT2D eigenvalue weighted by molar-refractivity contribution is 7.47. The second kappa shape index (κ2) is 42.3. The molecule has 0 aromatic heterocycles. The van der Waals surface area contributed by atoms with E-state index in [0.29, 0.717) is 11.0 Å². The zero-order valence-electron chi connectivity index (χ0n) is 39.8. The third-order valence-electron chi connectivity index (χ3n) is 11.4. The number of carbonyl (C=O) groups excluding carboxylic acids is 2. The third-order valence-corrected chi connectivity index (χ3v) is 12.4. The van der Waals surface area contributed by atoms with Gasteiger partial charge in [-0.15, -0.1) is 0 Å². The highest BCUT2D eigenvalue weighted by Gasteiger charge is 2.27. The number of rotatable bonds is 47. The van der Waals surface area contributed by atoms with Gasteiger partial charge in [-0.05, 0) is 12.8 Å². The monoisotopic (exact) mass is 861 g/mol. The van der Waals surface area contributed by atoms with E-state index in [-0.39, 0.29) is 32.0 Å². The summed E-state index contributed by atoms with van der Waals surface area (Å²) in [5, 5.41) is 0. The molecule has 0 aromatic rings. The second-order valence-electron chi connectivity index (χ2n) is 18.6. The van der Waals surface area contributed by atoms with Crippen LogP contribution in [0.4, 0.5) is 0 Å². The molecule has 0 aliphatic rings. The summed E-state index contributed by atoms with van der Waals surface area (Å²) >= 11 is 0. The van der Waals surface area contributed by atoms with E-state index in [2.05, 4.69) is 13.8 Å². The Morgan fingerprint density at radius 3 is 1.08 bits per heavy atom. The van der Waals surface area contributed by atoms with E-state index in [9.17, 15) is 19.0 Å². The molecule has 9 nitrogen and oxygen atoms in total. The molecule has 0 amide bonds. The lowest BCUT2D eigenvalue weighted by Crippen LogP contribution is -2.37. The number of unbranched alkanes of at least 4 members (excludes halogenated alkanes) is 33. The molecule has 0 rings (SSSR count). The van der Waals surface area contributed by atoms with Crippen molar-refractivity contribution in [1.82, 2.24) is 0 Å². The van der Waals surface area contributed by atoms with E-state index in [4.69, 9.17) is 18.5 Å². The molecule has 0 spiro atoms. The Kier molecular flexibility index (Phi) is 41.6. The lowest BCUT2D eigenvalue weighted by molar-refractivity contribution is -0.870. The van der Waals surface area contributed by atoms with Gasteiger partial charge < -0.3 is 18.9 Å². The fraction of sp³-hybridized carbons (Fsp3) is 0.959. The van der Waals surface area contributed by atoms with Gasteiger partial charge in [0.15, 0.2) is 6.10 Å². The van der Waals surface area contributed by atoms with E-state index < -0.39 is 26.5 Å². The number of carbonyl (C=O) groups is 2. The largest absolute Gasteiger partial charge is 0.472 e. The van der Waals surface area contributed by atoms with Gasteiger partial charge in [0.05, 0.1) is 27.7 Å². The number of phosphoric ester groups is 1. The third kappa shape index (κ3) is 46.3. The lowest BCUT2D eigenvalue weighted by atomic mass is 10.0. The number of nitrogens with zero attached hydrogens (tertiary/aromatic N) is 1. The first-order chi connectivity index (χ1) is 28.5. The molecular weight excluding hydrogens is 762 g/mol. The molecule has 2 unspecified atom stereocenters. The fourth-order valence-electron chi connectivity index (χ4n) is 7.43. The fourth-order valence-corrected chi connectivity index (χ4v) is 8.17. The summed E-state index contributed by atoms with van der Waals surface area (Å²) in [6.45, 7) is 4.37. The predicted octanol–water partition coefficient (Wildman–Crippen LogP) is 14.8. The Morgan fingerprint density at radius 1 is 0.458 bits per heavy atom. The Bertz CT molecular complexity index is 974. The molecule has 2 atom stereocenters. The lowest BCUT2D eigenvalue weighted by Gasteiger charge is -2.24. The van der Waals surface area contributed by atoms with Crippen molar-refractivity contribution in [3.05, 3.63) is 0 Å². The van der Waals surface area contributed by atoms with Crippen molar-refractivity contribution >= 4 is 19.8 Å². The SMILES string of the molecule is CCCCCCCCCCCCCCCCCCCCCCCCCCCCCCCCC(=O)OC(COC(=O)CCCCCCC)COP(=O)(O)OCC[N+](C)(C)C. The number of hydrogen-bond acceptors (Lipinski definition) is 7. The van der Waals surface area contributed by atoms with Crippen LogP contribution in [0.25, 0.3) is 0 Å². The Hall–Kier alpha value is -0.990. The molecule has 0 saturated carbocycles. The van der Waals surface area contributed by atoms with Gasteiger partial charge in [-0.2, -0.15) is 0 Å². The number of phosphoric acid groups is 1. The van der Waals surface area contributed by atoms with E-state index in [1.165, 1.54) is 173 Å². The maximum atomic E-state index is 12.7. The van der Waals surface area contributed by atoms with Crippen molar-refractivity contribution in [2.24, 2.45) is 0 Å². The Balaban J connectivity index is 3.84. The Labute approximate surface area is 365 Å². The van der Waals surface area contributed by atoms with Gasteiger partial charge in [0.2, 0.25) is 0 Å². The van der Waals surface area contributed by atoms with Crippen molar-refractivity contribution < 1.29 is 42.1 Å². The minimum atomic E-state index is -4.36. The molecule has 0 heterocycles. The summed E-state index contributed by atoms with van der Waals surface area (Å²) in [5.74, 6) is -0.798. The van der Waals surface area contributed by atoms with Crippen LogP contribution in [0.3, 0.4) is 0 Å². The molecule has 0 aliphatic carbocycles. The molecule has 352 valence electrons. The summed E-state index contributed by atoms with van der Waals surface area (Å²) in [5.41, 5.74) is 0. The smallest absolute Gasteiger partial charge is 0.462 e. The molecule has 0 aromatic carbocycles. The minimum absolute atomic E-state index is 0.0361. The van der Waals surface area contributed by atoms with Gasteiger partial charge in [-0.3, -0.25) is 18.6 Å². The first-order valence-corrected chi connectivity index (χ1v) is 26.8. The van der Waals surface area contributed by atoms with Crippen LogP contribution in [0.5, 0.6) is 0 Å². The molecule has 10 heteroatoms. The molecule has 0 fully saturated rings. The quantitative estimate of drug-likeness (QED) is 0.0279. The van der Waals surface area contributed by atoms with Crippen molar-refractivity contribution in [1.29, 1.82) is 0 Å². The molecule has 0 bridgehead atoms. The van der Waals surface area contributed by atoms with Gasteiger partial charge in [0.25, 0.3) is 0 Å². The number of esters is 2. The average molecular weight is 861 g/mol. The summed E-state index contributed by atoms with van der Waals surface area (Å²) in [6, 6.07) is 0. The van der Waals surface area contributed by atoms with Gasteiger partial charge >= 0.3 is 19.8 Å². The van der Waals surface area contributed by atoms with Crippen LogP contribution in [-0.2, 0) is 32.7 Å². The first-order valence-electron chi connectivity index (χ1n) is 25.3. The van der Waals surface area contributed by atoms with Crippen LogP contribution in [0, 0.1) is 0 Å². The Morgan fingerprint density at radius 2 is 0.763 bits per heavy atom. The van der Waals surface area contributed by atoms with Crippen LogP contribution in [-0.4, -0.2) is 74.9 Å². The van der Waals surface area contributed by atoms with E-state index in [1.54, 1.807) is 0 Å². The zero-order chi connectivity index (χ0) is 43.6. The van der Waals surface area contributed by atoms with E-state index in [0.717, 1.165) is 51.4 Å². The van der Waals surface area contributed by atoms with Crippen molar-refractivity contribution in [3.63, 3.8) is 0 Å². The highest BCUT2D eigenvalue weighted by atomic mass is 31.2. The maximum absolute atomic E-state index is 12.7. The number of ether oxygens (including phenoxy) is 2. The van der Waals surface area contributed by atoms with Crippen LogP contribution in [0.15, 0.2) is 0 Å². The summed E-state index contributed by atoms with van der Waals surface area (Å²) in [6.07, 6.45) is 45.2. The molecule has 1 N–H and O–H groups in total. The molecule has 0 aliphatic heterocycles. The predicted molar refractivity (Wildman–Crippen MR) is 248 cm³/mol. The van der Waals surface area contributed by atoms with Crippen LogP contribution in [0.2, 0.25) is 0 Å². The van der Waals surface area contributed by atoms with Crippen LogP contribution >= 0.6 is 7.82 Å². The van der Waals surface area contributed by atoms with Crippen LogP contribution < -0.4 is 0 Å². The van der Waals surface area contributed by atoms with Gasteiger partial charge in [0.1, 0.15) is 19.8 Å². The second-order valence-corrected chi connectivity index (χ2v) is 20.0. The summed E-state index contributed by atoms with van der Waals surface area (Å²) in [7, 11) is 1.49. The number of quaternary nitrogens is 1. The van der Waals surface area contributed by atoms with Crippen LogP contribution in [0.1, 0.15) is 251 Å². The van der Waals surface area contributed by atoms with Crippen molar-refractivity contribution in [2.45, 2.75) is 258 Å². The molecule has 0 radical (unpaired) electrons. The number of likely N-dealkylation sites (N-methyl/N-ethyl adjacent to an activating group) is 1. The van der Waals surface area contributed by atoms with E-state index >= 15 is 0 Å². The van der Waals surface area contributed by atoms with Crippen molar-refractivity contribution in [3.8, 4) is 0 Å². The van der Waals surface area contributed by atoms with Gasteiger partial charge in [0, 0.05) is 12.8 Å². The van der Waals surface area contributed by atoms with E-state index in [1.807, 2.05) is 21.1 Å². The van der Waals surface area contributed by atoms with Gasteiger partial charge in [-0.1, -0.05) is 226 Å². The normalized spacial score (nSPS) is 13.4. The topological polar surface area (TPSA) is 108 Å². The maximum Gasteiger partial charge on any atom is 0.472 e. The molecule has 0 saturated heterocycles. The van der Waals surface area contributed by atoms with Gasteiger partial charge in [-0.25, -0.2) is 4.57 Å². The highest BCUT2D eigenvalue weighted by Crippen LogP contribution is 2.43. The molecule has 59 heavy (non-hydrogen) atoms. The average Bonchev–Trinajstić information content (AvgIpc) is 3.19. The standard InChI is InChI=1S/C49H98NO8P/c1-6-8-10-12-13-14-15-16-17-18-19-20-21-22-23-24-25-26-27-28-29-30-31-32-33-34-35-36-38-40-42-49(52)58-47(45-55-48(51)41-39-37-11-9-7-2)46-57-59(53,54)56-44-43-50(3,4)5/h47H,6-46H2,1-5H3/p+1. The van der Waals surface area contributed by atoms with Crippen molar-refractivity contribution in [2.75, 3.05) is 47.5 Å². The zero-order valence-corrected chi connectivity index (χ0v) is 40.7. The number of hydrogen-bond donors (Lipinski definition) is 1. The summed E-state index contributed by atoms with van der Waals surface area (Å²) < 4.78 is 34.1. The molecular formula is C49H99NO8P+.